The lowest BCUT2D eigenvalue weighted by atomic mass is 9.94. The molecule has 0 aromatic heterocycles. The van der Waals surface area contributed by atoms with Crippen LogP contribution in [0.15, 0.2) is 48.5 Å². The van der Waals surface area contributed by atoms with Crippen LogP contribution in [0.1, 0.15) is 11.1 Å². The minimum absolute atomic E-state index is 0.230. The zero-order valence-electron chi connectivity index (χ0n) is 13.6. The molecule has 0 bridgehead atoms. The van der Waals surface area contributed by atoms with E-state index in [1.165, 1.54) is 30.4 Å². The summed E-state index contributed by atoms with van der Waals surface area (Å²) in [5, 5.41) is 0. The average molecular weight is 329 g/mol. The number of carbonyl (C=O) groups is 1. The molecule has 0 saturated heterocycles. The monoisotopic (exact) mass is 329 g/mol. The number of halogens is 1. The van der Waals surface area contributed by atoms with Crippen molar-refractivity contribution >= 4 is 5.97 Å². The minimum atomic E-state index is -0.304. The number of esters is 1. The molecular formula is C19H20FNO3. The molecule has 1 aliphatic heterocycles. The maximum absolute atomic E-state index is 12.9. The molecule has 0 radical (unpaired) electrons. The third-order valence-corrected chi connectivity index (χ3v) is 4.28. The van der Waals surface area contributed by atoms with E-state index in [-0.39, 0.29) is 17.8 Å². The summed E-state index contributed by atoms with van der Waals surface area (Å²) in [4.78, 5) is 14.2. The highest BCUT2D eigenvalue weighted by Crippen LogP contribution is 2.24. The molecule has 0 amide bonds. The number of hydrogen-bond acceptors (Lipinski definition) is 4. The molecule has 0 N–H and O–H groups in total. The van der Waals surface area contributed by atoms with Gasteiger partial charge in [-0.1, -0.05) is 24.3 Å². The zero-order valence-corrected chi connectivity index (χ0v) is 13.6. The van der Waals surface area contributed by atoms with Crippen molar-refractivity contribution in [3.8, 4) is 5.75 Å². The van der Waals surface area contributed by atoms with Gasteiger partial charge in [0, 0.05) is 13.1 Å². The van der Waals surface area contributed by atoms with Crippen molar-refractivity contribution < 1.29 is 18.7 Å². The fourth-order valence-electron chi connectivity index (χ4n) is 2.99. The summed E-state index contributed by atoms with van der Waals surface area (Å²) in [6.45, 7) is 1.69. The van der Waals surface area contributed by atoms with E-state index in [0.29, 0.717) is 31.9 Å². The van der Waals surface area contributed by atoms with Crippen molar-refractivity contribution in [1.82, 2.24) is 4.90 Å². The third-order valence-electron chi connectivity index (χ3n) is 4.28. The number of methoxy groups -OCH3 is 1. The molecule has 0 spiro atoms. The Morgan fingerprint density at radius 2 is 1.88 bits per heavy atom. The summed E-state index contributed by atoms with van der Waals surface area (Å²) in [7, 11) is 1.41. The second kappa shape index (κ2) is 7.45. The summed E-state index contributed by atoms with van der Waals surface area (Å²) >= 11 is 0. The van der Waals surface area contributed by atoms with Crippen LogP contribution in [0, 0.1) is 5.82 Å². The number of nitrogens with zero attached hydrogens (tertiary/aromatic N) is 1. The van der Waals surface area contributed by atoms with Gasteiger partial charge in [0.1, 0.15) is 24.2 Å². The normalized spacial score (nSPS) is 17.2. The Kier molecular flexibility index (Phi) is 5.11. The Balaban J connectivity index is 1.65. The summed E-state index contributed by atoms with van der Waals surface area (Å²) in [6, 6.07) is 13.7. The number of benzene rings is 2. The zero-order chi connectivity index (χ0) is 16.9. The Morgan fingerprint density at radius 1 is 1.17 bits per heavy atom. The van der Waals surface area contributed by atoms with Gasteiger partial charge in [0.25, 0.3) is 0 Å². The summed E-state index contributed by atoms with van der Waals surface area (Å²) in [6.07, 6.45) is 0.638. The highest BCUT2D eigenvalue weighted by atomic mass is 19.1. The number of ether oxygens (including phenoxy) is 2. The van der Waals surface area contributed by atoms with E-state index in [0.717, 1.165) is 0 Å². The Bertz CT molecular complexity index is 702. The van der Waals surface area contributed by atoms with Gasteiger partial charge in [-0.2, -0.15) is 0 Å². The fourth-order valence-corrected chi connectivity index (χ4v) is 2.99. The smallest absolute Gasteiger partial charge is 0.323 e. The quantitative estimate of drug-likeness (QED) is 0.791. The molecule has 0 fully saturated rings. The van der Waals surface area contributed by atoms with Gasteiger partial charge in [-0.15, -0.1) is 0 Å². The molecule has 5 heteroatoms. The molecule has 4 nitrogen and oxygen atoms in total. The van der Waals surface area contributed by atoms with E-state index in [1.807, 2.05) is 12.1 Å². The van der Waals surface area contributed by atoms with Crippen molar-refractivity contribution in [2.45, 2.75) is 19.0 Å². The SMILES string of the molecule is COC(=O)C1Cc2ccccc2CN1CCOc1ccc(F)cc1. The third kappa shape index (κ3) is 3.74. The first-order chi connectivity index (χ1) is 11.7. The predicted molar refractivity (Wildman–Crippen MR) is 88.3 cm³/mol. The number of fused-ring (bicyclic) bond motifs is 1. The van der Waals surface area contributed by atoms with Gasteiger partial charge >= 0.3 is 5.97 Å². The Morgan fingerprint density at radius 3 is 2.58 bits per heavy atom. The van der Waals surface area contributed by atoms with Gasteiger partial charge in [-0.05, 0) is 41.8 Å². The summed E-state index contributed by atoms with van der Waals surface area (Å²) < 4.78 is 23.5. The average Bonchev–Trinajstić information content (AvgIpc) is 2.62. The summed E-state index contributed by atoms with van der Waals surface area (Å²) in [5.74, 6) is 0.0930. The molecule has 24 heavy (non-hydrogen) atoms. The van der Waals surface area contributed by atoms with Crippen LogP contribution >= 0.6 is 0 Å². The molecule has 1 aliphatic rings. The maximum atomic E-state index is 12.9. The van der Waals surface area contributed by atoms with Gasteiger partial charge in [0.15, 0.2) is 0 Å². The molecule has 3 rings (SSSR count). The highest BCUT2D eigenvalue weighted by Gasteiger charge is 2.31. The lowest BCUT2D eigenvalue weighted by Gasteiger charge is -2.34. The highest BCUT2D eigenvalue weighted by molar-refractivity contribution is 5.76. The number of carbonyl (C=O) groups excluding carboxylic acids is 1. The first-order valence-corrected chi connectivity index (χ1v) is 7.94. The van der Waals surface area contributed by atoms with Crippen molar-refractivity contribution in [2.75, 3.05) is 20.3 Å². The van der Waals surface area contributed by atoms with Crippen LogP contribution in [-0.4, -0.2) is 37.2 Å². The van der Waals surface area contributed by atoms with E-state index < -0.39 is 0 Å². The number of hydrogen-bond donors (Lipinski definition) is 0. The Hall–Kier alpha value is -2.40. The number of rotatable bonds is 5. The molecule has 2 aromatic carbocycles. The Labute approximate surface area is 140 Å². The van der Waals surface area contributed by atoms with Crippen molar-refractivity contribution in [3.63, 3.8) is 0 Å². The molecular weight excluding hydrogens is 309 g/mol. The van der Waals surface area contributed by atoms with Crippen LogP contribution < -0.4 is 4.74 Å². The van der Waals surface area contributed by atoms with Crippen LogP contribution in [-0.2, 0) is 22.5 Å². The van der Waals surface area contributed by atoms with E-state index in [9.17, 15) is 9.18 Å². The molecule has 1 atom stereocenters. The van der Waals surface area contributed by atoms with Crippen LogP contribution in [0.25, 0.3) is 0 Å². The van der Waals surface area contributed by atoms with Crippen LogP contribution in [0.3, 0.4) is 0 Å². The van der Waals surface area contributed by atoms with Gasteiger partial charge < -0.3 is 9.47 Å². The van der Waals surface area contributed by atoms with E-state index in [1.54, 1.807) is 12.1 Å². The molecule has 0 saturated carbocycles. The van der Waals surface area contributed by atoms with Gasteiger partial charge in [0.05, 0.1) is 7.11 Å². The molecule has 1 heterocycles. The van der Waals surface area contributed by atoms with E-state index in [4.69, 9.17) is 9.47 Å². The van der Waals surface area contributed by atoms with Crippen molar-refractivity contribution in [1.29, 1.82) is 0 Å². The van der Waals surface area contributed by atoms with Crippen LogP contribution in [0.2, 0.25) is 0 Å². The lowest BCUT2D eigenvalue weighted by molar-refractivity contribution is -0.147. The van der Waals surface area contributed by atoms with Gasteiger partial charge in [0.2, 0.25) is 0 Å². The fraction of sp³-hybridized carbons (Fsp3) is 0.316. The first-order valence-electron chi connectivity index (χ1n) is 7.94. The van der Waals surface area contributed by atoms with Crippen LogP contribution in [0.5, 0.6) is 5.75 Å². The van der Waals surface area contributed by atoms with Crippen LogP contribution in [0.4, 0.5) is 4.39 Å². The van der Waals surface area contributed by atoms with Crippen molar-refractivity contribution in [3.05, 3.63) is 65.5 Å². The predicted octanol–water partition coefficient (Wildman–Crippen LogP) is 2.80. The minimum Gasteiger partial charge on any atom is -0.492 e. The molecule has 1 unspecified atom stereocenters. The molecule has 126 valence electrons. The lowest BCUT2D eigenvalue weighted by Crippen LogP contribution is -2.47. The topological polar surface area (TPSA) is 38.8 Å². The second-order valence-corrected chi connectivity index (χ2v) is 5.78. The van der Waals surface area contributed by atoms with E-state index in [2.05, 4.69) is 17.0 Å². The molecule has 2 aromatic rings. The second-order valence-electron chi connectivity index (χ2n) is 5.78. The molecule has 0 aliphatic carbocycles. The van der Waals surface area contributed by atoms with Gasteiger partial charge in [-0.25, -0.2) is 4.39 Å². The van der Waals surface area contributed by atoms with E-state index >= 15 is 0 Å². The summed E-state index contributed by atoms with van der Waals surface area (Å²) in [5.41, 5.74) is 2.41. The van der Waals surface area contributed by atoms with Gasteiger partial charge in [-0.3, -0.25) is 9.69 Å². The standard InChI is InChI=1S/C19H20FNO3/c1-23-19(22)18-12-14-4-2-3-5-15(14)13-21(18)10-11-24-17-8-6-16(20)7-9-17/h2-9,18H,10-13H2,1H3. The van der Waals surface area contributed by atoms with Crippen molar-refractivity contribution in [2.24, 2.45) is 0 Å². The largest absolute Gasteiger partial charge is 0.492 e. The maximum Gasteiger partial charge on any atom is 0.323 e. The first kappa shape index (κ1) is 16.5.